The maximum absolute atomic E-state index is 12.7. The molecule has 0 saturated heterocycles. The monoisotopic (exact) mass is 419 g/mol. The lowest BCUT2D eigenvalue weighted by Gasteiger charge is -2.10. The van der Waals surface area contributed by atoms with Crippen molar-refractivity contribution in [2.45, 2.75) is 0 Å². The molecule has 4 aromatic rings. The number of nitrogens with zero attached hydrogens (tertiary/aromatic N) is 2. The Labute approximate surface area is 175 Å². The zero-order chi connectivity index (χ0) is 22.0. The van der Waals surface area contributed by atoms with E-state index in [4.69, 9.17) is 13.9 Å². The first-order valence-electron chi connectivity index (χ1n) is 9.13. The SMILES string of the molecule is COc1ncc(-c2cccc(NC(=O)c3cc4cccc(O)c4oc3=O)c2)c(OC)n1. The molecule has 2 heterocycles. The third kappa shape index (κ3) is 3.88. The summed E-state index contributed by atoms with van der Waals surface area (Å²) in [6.07, 6.45) is 1.55. The van der Waals surface area contributed by atoms with Gasteiger partial charge in [0.2, 0.25) is 5.88 Å². The van der Waals surface area contributed by atoms with E-state index in [0.717, 1.165) is 0 Å². The number of hydrogen-bond acceptors (Lipinski definition) is 8. The van der Waals surface area contributed by atoms with Crippen LogP contribution in [0.1, 0.15) is 10.4 Å². The molecule has 0 aliphatic rings. The van der Waals surface area contributed by atoms with E-state index < -0.39 is 11.5 Å². The van der Waals surface area contributed by atoms with Crippen molar-refractivity contribution in [3.05, 3.63) is 70.7 Å². The summed E-state index contributed by atoms with van der Waals surface area (Å²) >= 11 is 0. The molecule has 9 heteroatoms. The highest BCUT2D eigenvalue weighted by Crippen LogP contribution is 2.30. The number of para-hydroxylation sites is 1. The first-order valence-corrected chi connectivity index (χ1v) is 9.13. The molecule has 0 bridgehead atoms. The topological polar surface area (TPSA) is 124 Å². The second-order valence-electron chi connectivity index (χ2n) is 6.46. The molecule has 2 N–H and O–H groups in total. The van der Waals surface area contributed by atoms with Gasteiger partial charge in [-0.15, -0.1) is 0 Å². The molecule has 2 aromatic carbocycles. The van der Waals surface area contributed by atoms with Crippen LogP contribution in [0.2, 0.25) is 0 Å². The van der Waals surface area contributed by atoms with Gasteiger partial charge in [0, 0.05) is 17.3 Å². The van der Waals surface area contributed by atoms with Crippen LogP contribution in [0.3, 0.4) is 0 Å². The molecule has 0 radical (unpaired) electrons. The molecule has 0 unspecified atom stereocenters. The quantitative estimate of drug-likeness (QED) is 0.473. The van der Waals surface area contributed by atoms with Gasteiger partial charge in [0.15, 0.2) is 11.3 Å². The number of anilines is 1. The summed E-state index contributed by atoms with van der Waals surface area (Å²) in [6.45, 7) is 0. The summed E-state index contributed by atoms with van der Waals surface area (Å²) in [5.41, 5.74) is 0.711. The first kappa shape index (κ1) is 19.9. The number of phenols is 1. The number of aromatic nitrogens is 2. The van der Waals surface area contributed by atoms with Crippen molar-refractivity contribution in [3.8, 4) is 28.8 Å². The average molecular weight is 419 g/mol. The third-order valence-electron chi connectivity index (χ3n) is 4.52. The highest BCUT2D eigenvalue weighted by atomic mass is 16.5. The van der Waals surface area contributed by atoms with Crippen LogP contribution in [0.5, 0.6) is 17.6 Å². The molecule has 0 spiro atoms. The van der Waals surface area contributed by atoms with Crippen LogP contribution in [0.25, 0.3) is 22.1 Å². The highest BCUT2D eigenvalue weighted by Gasteiger charge is 2.16. The van der Waals surface area contributed by atoms with Gasteiger partial charge in [0.05, 0.1) is 19.8 Å². The van der Waals surface area contributed by atoms with Crippen LogP contribution < -0.4 is 20.4 Å². The number of carbonyl (C=O) groups is 1. The Morgan fingerprint density at radius 1 is 1.10 bits per heavy atom. The molecule has 31 heavy (non-hydrogen) atoms. The normalized spacial score (nSPS) is 10.6. The average Bonchev–Trinajstić information content (AvgIpc) is 2.79. The number of ether oxygens (including phenoxy) is 2. The van der Waals surface area contributed by atoms with Crippen molar-refractivity contribution in [2.75, 3.05) is 19.5 Å². The van der Waals surface area contributed by atoms with Crippen LogP contribution in [0.4, 0.5) is 5.69 Å². The Hall–Kier alpha value is -4.40. The van der Waals surface area contributed by atoms with Gasteiger partial charge in [-0.25, -0.2) is 9.78 Å². The van der Waals surface area contributed by atoms with Gasteiger partial charge in [-0.2, -0.15) is 4.98 Å². The number of benzene rings is 2. The van der Waals surface area contributed by atoms with Gasteiger partial charge in [-0.1, -0.05) is 24.3 Å². The Morgan fingerprint density at radius 3 is 2.68 bits per heavy atom. The van der Waals surface area contributed by atoms with Crippen molar-refractivity contribution in [3.63, 3.8) is 0 Å². The molecule has 1 amide bonds. The molecule has 0 aliphatic heterocycles. The molecule has 4 rings (SSSR count). The minimum atomic E-state index is -0.854. The van der Waals surface area contributed by atoms with Crippen LogP contribution in [-0.4, -0.2) is 35.2 Å². The van der Waals surface area contributed by atoms with Crippen LogP contribution >= 0.6 is 0 Å². The zero-order valence-electron chi connectivity index (χ0n) is 16.6. The van der Waals surface area contributed by atoms with E-state index in [1.165, 1.54) is 26.4 Å². The molecule has 0 aliphatic carbocycles. The number of fused-ring (bicyclic) bond motifs is 1. The van der Waals surface area contributed by atoms with E-state index >= 15 is 0 Å². The number of rotatable bonds is 5. The molecule has 156 valence electrons. The fourth-order valence-electron chi connectivity index (χ4n) is 3.05. The predicted molar refractivity (Wildman–Crippen MR) is 113 cm³/mol. The van der Waals surface area contributed by atoms with Crippen molar-refractivity contribution in [1.82, 2.24) is 9.97 Å². The standard InChI is InChI=1S/C22H17N3O6/c1-29-20-16(11-23-22(25-20)30-2)12-5-3-7-14(9-12)24-19(27)15-10-13-6-4-8-17(26)18(13)31-21(15)28/h3-11,26H,1-2H3,(H,24,27). The lowest BCUT2D eigenvalue weighted by atomic mass is 10.1. The Morgan fingerprint density at radius 2 is 1.90 bits per heavy atom. The summed E-state index contributed by atoms with van der Waals surface area (Å²) in [7, 11) is 2.93. The predicted octanol–water partition coefficient (Wildman–Crippen LogP) is 3.23. The summed E-state index contributed by atoms with van der Waals surface area (Å²) in [6, 6.07) is 13.1. The van der Waals surface area contributed by atoms with Crippen molar-refractivity contribution in [2.24, 2.45) is 0 Å². The molecule has 0 saturated carbocycles. The van der Waals surface area contributed by atoms with Crippen molar-refractivity contribution >= 4 is 22.6 Å². The van der Waals surface area contributed by atoms with Gasteiger partial charge in [-0.3, -0.25) is 4.79 Å². The minimum absolute atomic E-state index is 0.0256. The van der Waals surface area contributed by atoms with Gasteiger partial charge >= 0.3 is 11.6 Å². The van der Waals surface area contributed by atoms with E-state index in [1.54, 1.807) is 42.6 Å². The van der Waals surface area contributed by atoms with Gasteiger partial charge < -0.3 is 24.3 Å². The second-order valence-corrected chi connectivity index (χ2v) is 6.46. The van der Waals surface area contributed by atoms with Crippen molar-refractivity contribution < 1.29 is 23.8 Å². The fraction of sp³-hybridized carbons (Fsp3) is 0.0909. The Bertz CT molecular complexity index is 1350. The third-order valence-corrected chi connectivity index (χ3v) is 4.52. The van der Waals surface area contributed by atoms with Gasteiger partial charge in [0.1, 0.15) is 5.56 Å². The zero-order valence-corrected chi connectivity index (χ0v) is 16.6. The fourth-order valence-corrected chi connectivity index (χ4v) is 3.05. The summed E-state index contributed by atoms with van der Waals surface area (Å²) < 4.78 is 15.4. The number of methoxy groups -OCH3 is 2. The van der Waals surface area contributed by atoms with E-state index in [-0.39, 0.29) is 22.9 Å². The molecule has 2 aromatic heterocycles. The number of aromatic hydroxyl groups is 1. The molecule has 0 fully saturated rings. The van der Waals surface area contributed by atoms with Crippen LogP contribution in [0.15, 0.2) is 63.9 Å². The number of nitrogens with one attached hydrogen (secondary N) is 1. The van der Waals surface area contributed by atoms with Crippen LogP contribution in [-0.2, 0) is 0 Å². The van der Waals surface area contributed by atoms with E-state index in [0.29, 0.717) is 28.1 Å². The van der Waals surface area contributed by atoms with Crippen molar-refractivity contribution in [1.29, 1.82) is 0 Å². The highest BCUT2D eigenvalue weighted by molar-refractivity contribution is 6.05. The van der Waals surface area contributed by atoms with Gasteiger partial charge in [0.25, 0.3) is 5.91 Å². The Kier molecular flexibility index (Phi) is 5.23. The number of phenolic OH excluding ortho intramolecular Hbond substituents is 1. The van der Waals surface area contributed by atoms with Gasteiger partial charge in [-0.05, 0) is 29.8 Å². The molecule has 0 atom stereocenters. The summed E-state index contributed by atoms with van der Waals surface area (Å²) in [5.74, 6) is -0.510. The second kappa shape index (κ2) is 8.15. The maximum Gasteiger partial charge on any atom is 0.349 e. The lowest BCUT2D eigenvalue weighted by molar-refractivity contribution is 0.102. The van der Waals surface area contributed by atoms with E-state index in [2.05, 4.69) is 15.3 Å². The number of carbonyl (C=O) groups excluding carboxylic acids is 1. The molecular weight excluding hydrogens is 402 g/mol. The smallest absolute Gasteiger partial charge is 0.349 e. The summed E-state index contributed by atoms with van der Waals surface area (Å²) in [4.78, 5) is 33.2. The van der Waals surface area contributed by atoms with E-state index in [1.807, 2.05) is 0 Å². The summed E-state index contributed by atoms with van der Waals surface area (Å²) in [5, 5.41) is 12.9. The van der Waals surface area contributed by atoms with Crippen LogP contribution in [0, 0.1) is 0 Å². The number of amides is 1. The minimum Gasteiger partial charge on any atom is -0.504 e. The largest absolute Gasteiger partial charge is 0.504 e. The molecular formula is C22H17N3O6. The maximum atomic E-state index is 12.7. The van der Waals surface area contributed by atoms with E-state index in [9.17, 15) is 14.7 Å². The number of hydrogen-bond donors (Lipinski definition) is 2. The molecule has 9 nitrogen and oxygen atoms in total. The lowest BCUT2D eigenvalue weighted by Crippen LogP contribution is -2.20. The first-order chi connectivity index (χ1) is 15.0. The Balaban J connectivity index is 1.66.